The topological polar surface area (TPSA) is 64.0 Å². The van der Waals surface area contributed by atoms with E-state index in [4.69, 9.17) is 0 Å². The van der Waals surface area contributed by atoms with Crippen LogP contribution in [-0.4, -0.2) is 30.9 Å². The predicted octanol–water partition coefficient (Wildman–Crippen LogP) is 4.00. The fourth-order valence-electron chi connectivity index (χ4n) is 3.99. The Labute approximate surface area is 165 Å². The molecule has 2 aromatic rings. The SMILES string of the molecule is CNS(=O)(=O)c1ccc(CC2CCC(C(C)(F)F)CC2)c(-c2cn(C)cn2)c1. The number of aryl methyl sites for hydroxylation is 1. The monoisotopic (exact) mass is 411 g/mol. The van der Waals surface area contributed by atoms with Crippen molar-refractivity contribution in [2.75, 3.05) is 7.05 Å². The van der Waals surface area contributed by atoms with Crippen molar-refractivity contribution < 1.29 is 17.2 Å². The number of halogens is 2. The second-order valence-corrected chi connectivity index (χ2v) is 9.72. The van der Waals surface area contributed by atoms with Crippen LogP contribution >= 0.6 is 0 Å². The largest absolute Gasteiger partial charge is 0.340 e. The zero-order valence-corrected chi connectivity index (χ0v) is 17.3. The first-order valence-corrected chi connectivity index (χ1v) is 11.0. The smallest absolute Gasteiger partial charge is 0.248 e. The first-order chi connectivity index (χ1) is 13.1. The molecule has 8 heteroatoms. The number of benzene rings is 1. The average molecular weight is 412 g/mol. The van der Waals surface area contributed by atoms with Gasteiger partial charge >= 0.3 is 0 Å². The second-order valence-electron chi connectivity index (χ2n) is 7.83. The molecule has 0 spiro atoms. The number of sulfonamides is 1. The molecule has 154 valence electrons. The Bertz CT molecular complexity index is 927. The summed E-state index contributed by atoms with van der Waals surface area (Å²) < 4.78 is 55.7. The summed E-state index contributed by atoms with van der Waals surface area (Å²) in [6.07, 6.45) is 6.82. The molecular weight excluding hydrogens is 384 g/mol. The molecule has 1 N–H and O–H groups in total. The molecule has 0 atom stereocenters. The van der Waals surface area contributed by atoms with Crippen LogP contribution in [0.2, 0.25) is 0 Å². The average Bonchev–Trinajstić information content (AvgIpc) is 3.08. The summed E-state index contributed by atoms with van der Waals surface area (Å²) in [5, 5.41) is 0. The molecule has 1 aliphatic rings. The molecule has 0 saturated heterocycles. The van der Waals surface area contributed by atoms with Crippen LogP contribution in [0.15, 0.2) is 35.6 Å². The van der Waals surface area contributed by atoms with Crippen LogP contribution in [0, 0.1) is 11.8 Å². The van der Waals surface area contributed by atoms with E-state index >= 15 is 0 Å². The van der Waals surface area contributed by atoms with E-state index in [1.807, 2.05) is 23.9 Å². The maximum atomic E-state index is 13.6. The Hall–Kier alpha value is -1.80. The van der Waals surface area contributed by atoms with E-state index in [0.29, 0.717) is 24.5 Å². The van der Waals surface area contributed by atoms with Crippen molar-refractivity contribution in [3.63, 3.8) is 0 Å². The summed E-state index contributed by atoms with van der Waals surface area (Å²) in [6.45, 7) is 1.01. The number of imidazole rings is 1. The Morgan fingerprint density at radius 1 is 1.25 bits per heavy atom. The molecule has 0 bridgehead atoms. The van der Waals surface area contributed by atoms with Crippen molar-refractivity contribution in [2.45, 2.75) is 49.8 Å². The Balaban J connectivity index is 1.87. The molecule has 1 saturated carbocycles. The van der Waals surface area contributed by atoms with Crippen LogP contribution < -0.4 is 4.72 Å². The summed E-state index contributed by atoms with van der Waals surface area (Å²) in [5.41, 5.74) is 2.49. The van der Waals surface area contributed by atoms with Crippen LogP contribution in [0.1, 0.15) is 38.2 Å². The Morgan fingerprint density at radius 3 is 2.46 bits per heavy atom. The van der Waals surface area contributed by atoms with Crippen molar-refractivity contribution in [1.82, 2.24) is 14.3 Å². The van der Waals surface area contributed by atoms with Crippen LogP contribution in [0.25, 0.3) is 11.3 Å². The van der Waals surface area contributed by atoms with Gasteiger partial charge in [0.05, 0.1) is 16.9 Å². The first-order valence-electron chi connectivity index (χ1n) is 9.53. The van der Waals surface area contributed by atoms with Crippen LogP contribution in [0.4, 0.5) is 8.78 Å². The minimum Gasteiger partial charge on any atom is -0.340 e. The number of nitrogens with zero attached hydrogens (tertiary/aromatic N) is 2. The highest BCUT2D eigenvalue weighted by atomic mass is 32.2. The van der Waals surface area contributed by atoms with E-state index in [1.54, 1.807) is 18.5 Å². The quantitative estimate of drug-likeness (QED) is 0.781. The fourth-order valence-corrected chi connectivity index (χ4v) is 4.75. The predicted molar refractivity (Wildman–Crippen MR) is 105 cm³/mol. The van der Waals surface area contributed by atoms with Gasteiger partial charge in [-0.05, 0) is 69.7 Å². The van der Waals surface area contributed by atoms with E-state index in [-0.39, 0.29) is 4.90 Å². The zero-order valence-electron chi connectivity index (χ0n) is 16.5. The van der Waals surface area contributed by atoms with E-state index in [2.05, 4.69) is 9.71 Å². The van der Waals surface area contributed by atoms with Crippen LogP contribution in [0.3, 0.4) is 0 Å². The molecular formula is C20H27F2N3O2S. The molecule has 0 aliphatic heterocycles. The number of aromatic nitrogens is 2. The number of nitrogens with one attached hydrogen (secondary N) is 1. The number of rotatable bonds is 6. The van der Waals surface area contributed by atoms with Crippen molar-refractivity contribution in [1.29, 1.82) is 0 Å². The van der Waals surface area contributed by atoms with Crippen LogP contribution in [-0.2, 0) is 23.5 Å². The Morgan fingerprint density at radius 2 is 1.93 bits per heavy atom. The number of alkyl halides is 2. The summed E-state index contributed by atoms with van der Waals surface area (Å²) in [7, 11) is -0.325. The highest BCUT2D eigenvalue weighted by molar-refractivity contribution is 7.89. The van der Waals surface area contributed by atoms with Crippen molar-refractivity contribution >= 4 is 10.0 Å². The Kier molecular flexibility index (Phi) is 5.91. The highest BCUT2D eigenvalue weighted by Crippen LogP contribution is 2.40. The normalized spacial score (nSPS) is 21.0. The maximum Gasteiger partial charge on any atom is 0.248 e. The van der Waals surface area contributed by atoms with Gasteiger partial charge in [0, 0.05) is 24.7 Å². The van der Waals surface area contributed by atoms with Gasteiger partial charge < -0.3 is 4.57 Å². The van der Waals surface area contributed by atoms with Gasteiger partial charge in [0.1, 0.15) is 0 Å². The summed E-state index contributed by atoms with van der Waals surface area (Å²) in [5.74, 6) is -2.84. The van der Waals surface area contributed by atoms with Gasteiger partial charge in [-0.1, -0.05) is 6.07 Å². The standard InChI is InChI=1S/C20H27F2N3O2S/c1-20(21,22)16-7-4-14(5-8-16)10-15-6-9-17(28(26,27)23-2)11-18(15)19-12-25(3)13-24-19/h6,9,11-14,16,23H,4-5,7-8,10H2,1-3H3. The minimum atomic E-state index is -3.56. The molecule has 1 aliphatic carbocycles. The lowest BCUT2D eigenvalue weighted by Gasteiger charge is -2.32. The third kappa shape index (κ3) is 4.60. The zero-order chi connectivity index (χ0) is 20.5. The lowest BCUT2D eigenvalue weighted by atomic mass is 9.76. The van der Waals surface area contributed by atoms with E-state index in [9.17, 15) is 17.2 Å². The minimum absolute atomic E-state index is 0.189. The molecule has 1 fully saturated rings. The van der Waals surface area contributed by atoms with E-state index < -0.39 is 21.9 Å². The number of hydrogen-bond acceptors (Lipinski definition) is 3. The van der Waals surface area contributed by atoms with Gasteiger partial charge in [-0.25, -0.2) is 26.9 Å². The lowest BCUT2D eigenvalue weighted by Crippen LogP contribution is -2.29. The number of hydrogen-bond donors (Lipinski definition) is 1. The molecule has 0 radical (unpaired) electrons. The van der Waals surface area contributed by atoms with E-state index in [0.717, 1.165) is 37.3 Å². The molecule has 0 unspecified atom stereocenters. The molecule has 5 nitrogen and oxygen atoms in total. The molecule has 0 amide bonds. The molecule has 3 rings (SSSR count). The first kappa shape index (κ1) is 20.9. The van der Waals surface area contributed by atoms with Gasteiger partial charge in [0.2, 0.25) is 15.9 Å². The second kappa shape index (κ2) is 7.91. The summed E-state index contributed by atoms with van der Waals surface area (Å²) >= 11 is 0. The van der Waals surface area contributed by atoms with E-state index in [1.165, 1.54) is 7.05 Å². The molecule has 1 aromatic carbocycles. The van der Waals surface area contributed by atoms with Gasteiger partial charge in [-0.2, -0.15) is 0 Å². The van der Waals surface area contributed by atoms with Gasteiger partial charge in [0.15, 0.2) is 0 Å². The third-order valence-electron chi connectivity index (χ3n) is 5.71. The fraction of sp³-hybridized carbons (Fsp3) is 0.550. The summed E-state index contributed by atoms with van der Waals surface area (Å²) in [6, 6.07) is 5.07. The van der Waals surface area contributed by atoms with Gasteiger partial charge in [0.25, 0.3) is 0 Å². The van der Waals surface area contributed by atoms with Gasteiger partial charge in [-0.15, -0.1) is 0 Å². The molecule has 28 heavy (non-hydrogen) atoms. The van der Waals surface area contributed by atoms with Crippen molar-refractivity contribution in [3.05, 3.63) is 36.3 Å². The third-order valence-corrected chi connectivity index (χ3v) is 7.13. The van der Waals surface area contributed by atoms with Crippen LogP contribution in [0.5, 0.6) is 0 Å². The molecule has 1 aromatic heterocycles. The van der Waals surface area contributed by atoms with Crippen molar-refractivity contribution in [3.8, 4) is 11.3 Å². The van der Waals surface area contributed by atoms with Crippen molar-refractivity contribution in [2.24, 2.45) is 18.9 Å². The highest BCUT2D eigenvalue weighted by Gasteiger charge is 2.36. The lowest BCUT2D eigenvalue weighted by molar-refractivity contribution is -0.0577. The van der Waals surface area contributed by atoms with Gasteiger partial charge in [-0.3, -0.25) is 0 Å². The molecule has 1 heterocycles. The summed E-state index contributed by atoms with van der Waals surface area (Å²) in [4.78, 5) is 4.57. The maximum absolute atomic E-state index is 13.6.